The average molecular weight is 251 g/mol. The number of hydrogen-bond donors (Lipinski definition) is 0. The predicted octanol–water partition coefficient (Wildman–Crippen LogP) is -3.00. The summed E-state index contributed by atoms with van der Waals surface area (Å²) in [6.07, 6.45) is 0. The van der Waals surface area contributed by atoms with Gasteiger partial charge in [-0.1, -0.05) is 0 Å². The molecule has 1 radical (unpaired) electrons. The fourth-order valence-electron chi connectivity index (χ4n) is 0. The molecule has 0 aromatic rings. The summed E-state index contributed by atoms with van der Waals surface area (Å²) in [6.45, 7) is 0. The molecule has 0 aliphatic rings. The molecule has 0 spiro atoms. The van der Waals surface area contributed by atoms with E-state index >= 15 is 0 Å². The van der Waals surface area contributed by atoms with Gasteiger partial charge in [0.05, 0.1) is 0 Å². The molecule has 0 unspecified atom stereocenters. The van der Waals surface area contributed by atoms with Gasteiger partial charge in [0.1, 0.15) is 0 Å². The summed E-state index contributed by atoms with van der Waals surface area (Å²) >= 11 is -5.75. The second-order valence-electron chi connectivity index (χ2n) is 0.408. The van der Waals surface area contributed by atoms with Crippen LogP contribution in [0.15, 0.2) is 0 Å². The fourth-order valence-corrected chi connectivity index (χ4v) is 0. The Morgan fingerprint density at radius 3 is 1.17 bits per heavy atom. The Balaban J connectivity index is 0. The standard InChI is InChI=1S/Ag.H2O4Se/c;1-5(2,3)4/h;(H2,1,2,3,4)/q+2;/p-2. The van der Waals surface area contributed by atoms with Crippen LogP contribution in [0.4, 0.5) is 0 Å². The Labute approximate surface area is 52.0 Å². The summed E-state index contributed by atoms with van der Waals surface area (Å²) in [5.41, 5.74) is 0. The summed E-state index contributed by atoms with van der Waals surface area (Å²) in [5, 5.41) is 0. The van der Waals surface area contributed by atoms with Crippen LogP contribution in [0.25, 0.3) is 0 Å². The Hall–Kier alpha value is 0.780. The maximum Gasteiger partial charge on any atom is 2.00 e. The zero-order valence-electron chi connectivity index (χ0n) is 2.34. The van der Waals surface area contributed by atoms with Crippen LogP contribution in [-0.4, -0.2) is 13.4 Å². The molecule has 0 fully saturated rings. The van der Waals surface area contributed by atoms with Crippen LogP contribution in [0.3, 0.4) is 0 Å². The molecule has 0 rings (SSSR count). The van der Waals surface area contributed by atoms with Gasteiger partial charge in [0.15, 0.2) is 0 Å². The first-order valence-corrected chi connectivity index (χ1v) is 3.46. The molecule has 6 heteroatoms. The first-order chi connectivity index (χ1) is 2.00. The van der Waals surface area contributed by atoms with E-state index in [2.05, 4.69) is 0 Å². The largest absolute Gasteiger partial charge is 2.00 e. The zero-order chi connectivity index (χ0) is 4.50. The van der Waals surface area contributed by atoms with Crippen molar-refractivity contribution in [3.63, 3.8) is 0 Å². The summed E-state index contributed by atoms with van der Waals surface area (Å²) in [7, 11) is 0. The van der Waals surface area contributed by atoms with E-state index in [4.69, 9.17) is 16.0 Å². The van der Waals surface area contributed by atoms with Gasteiger partial charge in [0.2, 0.25) is 0 Å². The smallest absolute Gasteiger partial charge is 2.00 e. The van der Waals surface area contributed by atoms with Crippen LogP contribution in [0.2, 0.25) is 0 Å². The topological polar surface area (TPSA) is 80.3 Å². The van der Waals surface area contributed by atoms with Crippen molar-refractivity contribution >= 4 is 13.4 Å². The first kappa shape index (κ1) is 9.91. The molecule has 0 aliphatic carbocycles. The first-order valence-electron chi connectivity index (χ1n) is 0.667. The van der Waals surface area contributed by atoms with Gasteiger partial charge < -0.3 is 0 Å². The van der Waals surface area contributed by atoms with Crippen LogP contribution >= 0.6 is 0 Å². The van der Waals surface area contributed by atoms with Crippen LogP contribution in [0, 0.1) is 0 Å². The minimum absolute atomic E-state index is 0. The van der Waals surface area contributed by atoms with Crippen molar-refractivity contribution in [1.29, 1.82) is 0 Å². The maximum absolute atomic E-state index is 8.59. The van der Waals surface area contributed by atoms with Crippen molar-refractivity contribution < 1.29 is 38.4 Å². The Morgan fingerprint density at radius 1 is 1.17 bits per heavy atom. The van der Waals surface area contributed by atoms with Gasteiger partial charge in [0.25, 0.3) is 0 Å². The van der Waals surface area contributed by atoms with Crippen molar-refractivity contribution in [2.45, 2.75) is 0 Å². The van der Waals surface area contributed by atoms with E-state index in [1.165, 1.54) is 0 Å². The van der Waals surface area contributed by atoms with E-state index < -0.39 is 13.4 Å². The molecule has 0 N–H and O–H groups in total. The summed E-state index contributed by atoms with van der Waals surface area (Å²) < 4.78 is 34.4. The molecule has 6 heavy (non-hydrogen) atoms. The van der Waals surface area contributed by atoms with Gasteiger partial charge in [-0.3, -0.25) is 0 Å². The van der Waals surface area contributed by atoms with Gasteiger partial charge in [-0.2, -0.15) is 0 Å². The van der Waals surface area contributed by atoms with Crippen LogP contribution < -0.4 is 8.38 Å². The summed E-state index contributed by atoms with van der Waals surface area (Å²) in [6, 6.07) is 0. The number of hydrogen-bond acceptors (Lipinski definition) is 4. The molecule has 0 aromatic carbocycles. The van der Waals surface area contributed by atoms with Crippen molar-refractivity contribution in [2.24, 2.45) is 0 Å². The zero-order valence-corrected chi connectivity index (χ0v) is 5.54. The Morgan fingerprint density at radius 2 is 1.17 bits per heavy atom. The average Bonchev–Trinajstić information content (AvgIpc) is 0.722. The minimum Gasteiger partial charge on any atom is 2.00 e. The van der Waals surface area contributed by atoms with Gasteiger partial charge in [-0.05, 0) is 0 Å². The molecule has 0 bridgehead atoms. The Kier molecular flexibility index (Phi) is 4.75. The molecule has 4 nitrogen and oxygen atoms in total. The number of rotatable bonds is 0. The molecule has 0 saturated carbocycles. The van der Waals surface area contributed by atoms with Crippen LogP contribution in [0.1, 0.15) is 0 Å². The van der Waals surface area contributed by atoms with E-state index in [-0.39, 0.29) is 22.4 Å². The van der Waals surface area contributed by atoms with Crippen LogP contribution in [0.5, 0.6) is 0 Å². The van der Waals surface area contributed by atoms with Crippen molar-refractivity contribution in [3.05, 3.63) is 0 Å². The third-order valence-corrected chi connectivity index (χ3v) is 0. The van der Waals surface area contributed by atoms with E-state index in [0.29, 0.717) is 0 Å². The monoisotopic (exact) mass is 251 g/mol. The van der Waals surface area contributed by atoms with Gasteiger partial charge in [0, 0.05) is 0 Å². The predicted molar refractivity (Wildman–Crippen MR) is 7.13 cm³/mol. The third-order valence-electron chi connectivity index (χ3n) is 0. The summed E-state index contributed by atoms with van der Waals surface area (Å²) in [5.74, 6) is 0. The minimum atomic E-state index is -5.75. The summed E-state index contributed by atoms with van der Waals surface area (Å²) in [4.78, 5) is 0. The van der Waals surface area contributed by atoms with Gasteiger partial charge in [-0.25, -0.2) is 0 Å². The third kappa shape index (κ3) is 112. The molecule has 41 valence electrons. The van der Waals surface area contributed by atoms with E-state index in [1.54, 1.807) is 0 Å². The van der Waals surface area contributed by atoms with Crippen molar-refractivity contribution in [2.75, 3.05) is 0 Å². The molecule has 0 aliphatic heterocycles. The van der Waals surface area contributed by atoms with Crippen molar-refractivity contribution in [1.82, 2.24) is 0 Å². The van der Waals surface area contributed by atoms with E-state index in [0.717, 1.165) is 0 Å². The maximum atomic E-state index is 8.59. The second-order valence-corrected chi connectivity index (χ2v) is 2.12. The quantitative estimate of drug-likeness (QED) is 0.429. The van der Waals surface area contributed by atoms with E-state index in [9.17, 15) is 0 Å². The van der Waals surface area contributed by atoms with E-state index in [1.807, 2.05) is 0 Å². The molecule has 0 amide bonds. The molecule has 0 atom stereocenters. The molecular formula is AgO4Se. The normalized spacial score (nSPS) is 9.67. The molecular weight excluding hydrogens is 251 g/mol. The fraction of sp³-hybridized carbons (Fsp3) is 0. The van der Waals surface area contributed by atoms with Crippen LogP contribution in [-0.2, 0) is 30.0 Å². The second kappa shape index (κ2) is 2.87. The SMILES string of the molecule is O=[Se](=O)([O-])[O-].[Ag+2]. The Bertz CT molecular complexity index is 90.7. The van der Waals surface area contributed by atoms with Gasteiger partial charge >= 0.3 is 51.8 Å². The molecule has 0 heterocycles. The molecule has 0 aromatic heterocycles. The molecule has 0 saturated heterocycles. The van der Waals surface area contributed by atoms with Gasteiger partial charge in [-0.15, -0.1) is 0 Å². The van der Waals surface area contributed by atoms with Crippen molar-refractivity contribution in [3.8, 4) is 0 Å².